The minimum atomic E-state index is -0.0877. The number of fused-ring (bicyclic) bond motifs is 1. The van der Waals surface area contributed by atoms with Gasteiger partial charge in [-0.15, -0.1) is 0 Å². The lowest BCUT2D eigenvalue weighted by Gasteiger charge is -2.40. The molecule has 124 valence electrons. The van der Waals surface area contributed by atoms with E-state index in [2.05, 4.69) is 45.1 Å². The van der Waals surface area contributed by atoms with Crippen LogP contribution in [0.3, 0.4) is 0 Å². The SMILES string of the molecule is CCOc1ccc2c(c1)C(NCCC(C)C)CC(C)(CC)O2. The van der Waals surface area contributed by atoms with Crippen LogP contribution in [-0.2, 0) is 0 Å². The van der Waals surface area contributed by atoms with Crippen LogP contribution in [0.4, 0.5) is 0 Å². The summed E-state index contributed by atoms with van der Waals surface area (Å²) in [5.41, 5.74) is 1.15. The van der Waals surface area contributed by atoms with Gasteiger partial charge in [0.2, 0.25) is 0 Å². The lowest BCUT2D eigenvalue weighted by molar-refractivity contribution is 0.0439. The fourth-order valence-corrected chi connectivity index (χ4v) is 2.94. The van der Waals surface area contributed by atoms with Crippen LogP contribution in [0.25, 0.3) is 0 Å². The van der Waals surface area contributed by atoms with E-state index in [-0.39, 0.29) is 5.60 Å². The Kier molecular flexibility index (Phi) is 5.74. The van der Waals surface area contributed by atoms with E-state index in [1.807, 2.05) is 13.0 Å². The smallest absolute Gasteiger partial charge is 0.125 e. The predicted octanol–water partition coefficient (Wildman–Crippen LogP) is 4.71. The van der Waals surface area contributed by atoms with Crippen molar-refractivity contribution in [2.45, 2.75) is 65.5 Å². The Morgan fingerprint density at radius 2 is 2.14 bits per heavy atom. The number of hydrogen-bond donors (Lipinski definition) is 1. The normalized spacial score (nSPS) is 24.0. The van der Waals surface area contributed by atoms with Crippen LogP contribution in [0.5, 0.6) is 11.5 Å². The molecule has 1 aliphatic rings. The quantitative estimate of drug-likeness (QED) is 0.791. The molecule has 0 spiro atoms. The highest BCUT2D eigenvalue weighted by Gasteiger charge is 2.36. The van der Waals surface area contributed by atoms with Crippen molar-refractivity contribution in [3.63, 3.8) is 0 Å². The summed E-state index contributed by atoms with van der Waals surface area (Å²) in [4.78, 5) is 0. The number of ether oxygens (including phenoxy) is 2. The molecule has 0 aromatic heterocycles. The summed E-state index contributed by atoms with van der Waals surface area (Å²) >= 11 is 0. The van der Waals surface area contributed by atoms with Crippen LogP contribution in [0.15, 0.2) is 18.2 Å². The van der Waals surface area contributed by atoms with E-state index in [1.54, 1.807) is 0 Å². The van der Waals surface area contributed by atoms with Crippen LogP contribution in [0.1, 0.15) is 65.5 Å². The highest BCUT2D eigenvalue weighted by Crippen LogP contribution is 2.42. The summed E-state index contributed by atoms with van der Waals surface area (Å²) in [6.45, 7) is 12.7. The van der Waals surface area contributed by atoms with E-state index < -0.39 is 0 Å². The molecule has 3 nitrogen and oxygen atoms in total. The van der Waals surface area contributed by atoms with Gasteiger partial charge in [0.15, 0.2) is 0 Å². The standard InChI is InChI=1S/C19H31NO2/c1-6-19(5)13-17(20-11-10-14(3)4)16-12-15(21-7-2)8-9-18(16)22-19/h8-9,12,14,17,20H,6-7,10-11,13H2,1-5H3. The Balaban J connectivity index is 2.21. The van der Waals surface area contributed by atoms with Crippen molar-refractivity contribution in [2.75, 3.05) is 13.2 Å². The van der Waals surface area contributed by atoms with Crippen molar-refractivity contribution in [2.24, 2.45) is 5.92 Å². The molecule has 0 saturated carbocycles. The van der Waals surface area contributed by atoms with Gasteiger partial charge in [0, 0.05) is 18.0 Å². The molecule has 0 aliphatic carbocycles. The molecule has 2 atom stereocenters. The summed E-state index contributed by atoms with van der Waals surface area (Å²) in [6.07, 6.45) is 3.22. The second-order valence-corrected chi connectivity index (χ2v) is 6.93. The van der Waals surface area contributed by atoms with E-state index in [0.29, 0.717) is 12.6 Å². The summed E-state index contributed by atoms with van der Waals surface area (Å²) < 4.78 is 11.9. The third kappa shape index (κ3) is 4.16. The molecule has 0 amide bonds. The third-order valence-electron chi connectivity index (χ3n) is 4.52. The Morgan fingerprint density at radius 1 is 1.36 bits per heavy atom. The van der Waals surface area contributed by atoms with Crippen molar-refractivity contribution in [3.8, 4) is 11.5 Å². The zero-order chi connectivity index (χ0) is 16.2. The Morgan fingerprint density at radius 3 is 2.77 bits per heavy atom. The third-order valence-corrected chi connectivity index (χ3v) is 4.52. The van der Waals surface area contributed by atoms with E-state index in [1.165, 1.54) is 12.0 Å². The fraction of sp³-hybridized carbons (Fsp3) is 0.684. The highest BCUT2D eigenvalue weighted by molar-refractivity contribution is 5.44. The molecule has 1 aromatic carbocycles. The summed E-state index contributed by atoms with van der Waals surface area (Å²) in [5, 5.41) is 3.73. The molecule has 0 radical (unpaired) electrons. The van der Waals surface area contributed by atoms with E-state index >= 15 is 0 Å². The number of rotatable bonds is 7. The lowest BCUT2D eigenvalue weighted by atomic mass is 9.86. The lowest BCUT2D eigenvalue weighted by Crippen LogP contribution is -2.41. The van der Waals surface area contributed by atoms with Crippen LogP contribution in [-0.4, -0.2) is 18.8 Å². The Hall–Kier alpha value is -1.22. The van der Waals surface area contributed by atoms with Gasteiger partial charge >= 0.3 is 0 Å². The van der Waals surface area contributed by atoms with Crippen LogP contribution in [0, 0.1) is 5.92 Å². The molecule has 2 rings (SSSR count). The molecular weight excluding hydrogens is 274 g/mol. The monoisotopic (exact) mass is 305 g/mol. The van der Waals surface area contributed by atoms with Gasteiger partial charge in [0.25, 0.3) is 0 Å². The minimum Gasteiger partial charge on any atom is -0.494 e. The molecule has 0 bridgehead atoms. The maximum Gasteiger partial charge on any atom is 0.125 e. The van der Waals surface area contributed by atoms with Crippen molar-refractivity contribution in [3.05, 3.63) is 23.8 Å². The van der Waals surface area contributed by atoms with Crippen LogP contribution in [0.2, 0.25) is 0 Å². The Bertz CT molecular complexity index is 486. The molecule has 1 aromatic rings. The number of hydrogen-bond acceptors (Lipinski definition) is 3. The summed E-state index contributed by atoms with van der Waals surface area (Å²) in [5.74, 6) is 2.65. The molecule has 1 aliphatic heterocycles. The van der Waals surface area contributed by atoms with E-state index in [4.69, 9.17) is 9.47 Å². The van der Waals surface area contributed by atoms with Gasteiger partial charge in [-0.25, -0.2) is 0 Å². The topological polar surface area (TPSA) is 30.5 Å². The molecule has 2 unspecified atom stereocenters. The van der Waals surface area contributed by atoms with Crippen LogP contribution < -0.4 is 14.8 Å². The van der Waals surface area contributed by atoms with Gasteiger partial charge in [-0.05, 0) is 57.4 Å². The minimum absolute atomic E-state index is 0.0877. The molecule has 1 N–H and O–H groups in total. The van der Waals surface area contributed by atoms with Crippen molar-refractivity contribution in [1.82, 2.24) is 5.32 Å². The maximum atomic E-state index is 6.26. The molecular formula is C19H31NO2. The fourth-order valence-electron chi connectivity index (χ4n) is 2.94. The summed E-state index contributed by atoms with van der Waals surface area (Å²) in [7, 11) is 0. The zero-order valence-corrected chi connectivity index (χ0v) is 14.7. The predicted molar refractivity (Wildman–Crippen MR) is 91.8 cm³/mol. The largest absolute Gasteiger partial charge is 0.494 e. The first-order valence-electron chi connectivity index (χ1n) is 8.66. The van der Waals surface area contributed by atoms with E-state index in [0.717, 1.165) is 36.8 Å². The van der Waals surface area contributed by atoms with E-state index in [9.17, 15) is 0 Å². The first-order chi connectivity index (χ1) is 10.5. The number of nitrogens with one attached hydrogen (secondary N) is 1. The summed E-state index contributed by atoms with van der Waals surface area (Å²) in [6, 6.07) is 6.55. The molecule has 1 heterocycles. The van der Waals surface area contributed by atoms with Gasteiger partial charge in [-0.2, -0.15) is 0 Å². The zero-order valence-electron chi connectivity index (χ0n) is 14.7. The first kappa shape index (κ1) is 17.1. The number of benzene rings is 1. The van der Waals surface area contributed by atoms with Crippen molar-refractivity contribution < 1.29 is 9.47 Å². The second kappa shape index (κ2) is 7.36. The average molecular weight is 305 g/mol. The molecule has 3 heteroatoms. The van der Waals surface area contributed by atoms with Gasteiger partial charge < -0.3 is 14.8 Å². The van der Waals surface area contributed by atoms with Crippen LogP contribution >= 0.6 is 0 Å². The average Bonchev–Trinajstić information content (AvgIpc) is 2.48. The first-order valence-corrected chi connectivity index (χ1v) is 8.66. The van der Waals surface area contributed by atoms with Crippen molar-refractivity contribution in [1.29, 1.82) is 0 Å². The molecule has 22 heavy (non-hydrogen) atoms. The van der Waals surface area contributed by atoms with Gasteiger partial charge in [-0.1, -0.05) is 20.8 Å². The maximum absolute atomic E-state index is 6.26. The van der Waals surface area contributed by atoms with Gasteiger partial charge in [0.05, 0.1) is 6.61 Å². The molecule has 0 fully saturated rings. The van der Waals surface area contributed by atoms with Gasteiger partial charge in [-0.3, -0.25) is 0 Å². The highest BCUT2D eigenvalue weighted by atomic mass is 16.5. The second-order valence-electron chi connectivity index (χ2n) is 6.93. The van der Waals surface area contributed by atoms with Gasteiger partial charge in [0.1, 0.15) is 17.1 Å². The molecule has 0 saturated heterocycles. The Labute approximate surface area is 135 Å². The van der Waals surface area contributed by atoms with Crippen molar-refractivity contribution >= 4 is 0 Å².